The average molecular weight is 389 g/mol. The van der Waals surface area contributed by atoms with Gasteiger partial charge in [-0.1, -0.05) is 30.0 Å². The lowest BCUT2D eigenvalue weighted by atomic mass is 9.98. The molecule has 2 aliphatic heterocycles. The fourth-order valence-electron chi connectivity index (χ4n) is 3.33. The minimum absolute atomic E-state index is 0.0337. The third-order valence-corrected chi connectivity index (χ3v) is 5.99. The van der Waals surface area contributed by atoms with E-state index >= 15 is 0 Å². The largest absolute Gasteiger partial charge is 0.493 e. The molecule has 2 aromatic rings. The monoisotopic (exact) mass is 389 g/mol. The molecule has 0 bridgehead atoms. The highest BCUT2D eigenvalue weighted by Crippen LogP contribution is 2.54. The van der Waals surface area contributed by atoms with Crippen molar-refractivity contribution < 1.29 is 18.3 Å². The summed E-state index contributed by atoms with van der Waals surface area (Å²) in [5.74, 6) is -0.777. The van der Waals surface area contributed by atoms with Crippen molar-refractivity contribution in [2.75, 3.05) is 13.2 Å². The van der Waals surface area contributed by atoms with E-state index in [9.17, 15) is 13.6 Å². The van der Waals surface area contributed by atoms with E-state index in [4.69, 9.17) is 10.5 Å². The lowest BCUT2D eigenvalue weighted by Crippen LogP contribution is -2.45. The molecule has 1 spiro atoms. The van der Waals surface area contributed by atoms with Gasteiger partial charge >= 0.3 is 0 Å². The van der Waals surface area contributed by atoms with Crippen LogP contribution in [0, 0.1) is 11.6 Å². The van der Waals surface area contributed by atoms with Gasteiger partial charge in [0.2, 0.25) is 5.91 Å². The van der Waals surface area contributed by atoms with Gasteiger partial charge in [-0.15, -0.1) is 0 Å². The van der Waals surface area contributed by atoms with Gasteiger partial charge < -0.3 is 10.5 Å². The summed E-state index contributed by atoms with van der Waals surface area (Å²) >= 11 is 1.24. The highest BCUT2D eigenvalue weighted by atomic mass is 32.2. The number of benzene rings is 2. The van der Waals surface area contributed by atoms with Crippen molar-refractivity contribution in [3.8, 4) is 5.75 Å². The Morgan fingerprint density at radius 3 is 2.93 bits per heavy atom. The van der Waals surface area contributed by atoms with Crippen LogP contribution in [0.4, 0.5) is 8.78 Å². The first-order valence-electron chi connectivity index (χ1n) is 8.53. The van der Waals surface area contributed by atoms with Crippen LogP contribution in [0.1, 0.15) is 24.0 Å². The molecule has 0 aliphatic carbocycles. The number of hydrogen-bond acceptors (Lipinski definition) is 5. The summed E-state index contributed by atoms with van der Waals surface area (Å²) in [6.45, 7) is 0.554. The molecule has 5 nitrogen and oxygen atoms in total. The van der Waals surface area contributed by atoms with Crippen molar-refractivity contribution in [2.45, 2.75) is 17.7 Å². The van der Waals surface area contributed by atoms with Crippen LogP contribution in [0.25, 0.3) is 0 Å². The topological polar surface area (TPSA) is 67.9 Å². The summed E-state index contributed by atoms with van der Waals surface area (Å²) < 4.78 is 33.8. The molecule has 0 radical (unpaired) electrons. The summed E-state index contributed by atoms with van der Waals surface area (Å²) in [7, 11) is 0. The van der Waals surface area contributed by atoms with Crippen LogP contribution in [0.3, 0.4) is 0 Å². The molecule has 0 saturated heterocycles. The zero-order valence-electron chi connectivity index (χ0n) is 14.3. The van der Waals surface area contributed by atoms with Crippen molar-refractivity contribution in [2.24, 2.45) is 10.8 Å². The second-order valence-electron chi connectivity index (χ2n) is 6.25. The van der Waals surface area contributed by atoms with Crippen LogP contribution < -0.4 is 10.5 Å². The maximum absolute atomic E-state index is 14.3. The predicted octanol–water partition coefficient (Wildman–Crippen LogP) is 3.19. The van der Waals surface area contributed by atoms with Gasteiger partial charge in [-0.3, -0.25) is 4.79 Å². The van der Waals surface area contributed by atoms with Gasteiger partial charge in [-0.2, -0.15) is 5.10 Å². The summed E-state index contributed by atoms with van der Waals surface area (Å²) in [6, 6.07) is 10.6. The molecular formula is C19H17F2N3O2S. The zero-order valence-corrected chi connectivity index (χ0v) is 15.1. The Labute approximate surface area is 159 Å². The Hall–Kier alpha value is -2.45. The molecule has 4 rings (SSSR count). The molecule has 0 fully saturated rings. The SMILES string of the molecule is NCCC(=O)N1N=C(c2cc(F)ccc2F)SC12CCOc1ccccc12. The Kier molecular flexibility index (Phi) is 4.61. The number of thioether (sulfide) groups is 1. The molecular weight excluding hydrogens is 372 g/mol. The Bertz CT molecular complexity index is 937. The number of halogens is 2. The molecule has 0 aromatic heterocycles. The quantitative estimate of drug-likeness (QED) is 0.876. The van der Waals surface area contributed by atoms with Crippen molar-refractivity contribution in [1.29, 1.82) is 0 Å². The van der Waals surface area contributed by atoms with Gasteiger partial charge in [0.1, 0.15) is 27.3 Å². The smallest absolute Gasteiger partial charge is 0.245 e. The van der Waals surface area contributed by atoms with Gasteiger partial charge in [0.05, 0.1) is 6.61 Å². The number of fused-ring (bicyclic) bond motifs is 2. The third-order valence-electron chi connectivity index (χ3n) is 4.56. The van der Waals surface area contributed by atoms with E-state index in [-0.39, 0.29) is 29.5 Å². The first-order valence-corrected chi connectivity index (χ1v) is 9.35. The molecule has 8 heteroatoms. The molecule has 2 heterocycles. The van der Waals surface area contributed by atoms with Gasteiger partial charge in [0, 0.05) is 30.5 Å². The first-order chi connectivity index (χ1) is 13.0. The number of nitrogens with zero attached hydrogens (tertiary/aromatic N) is 2. The summed E-state index contributed by atoms with van der Waals surface area (Å²) in [4.78, 5) is 11.9. The normalized spacial score (nSPS) is 21.0. The minimum atomic E-state index is -0.866. The molecule has 1 amide bonds. The molecule has 1 unspecified atom stereocenters. The van der Waals surface area contributed by atoms with Crippen molar-refractivity contribution >= 4 is 22.7 Å². The fourth-order valence-corrected chi connectivity index (χ4v) is 4.73. The Morgan fingerprint density at radius 1 is 1.30 bits per heavy atom. The number of ether oxygens (including phenoxy) is 1. The highest BCUT2D eigenvalue weighted by molar-refractivity contribution is 8.15. The minimum Gasteiger partial charge on any atom is -0.493 e. The standard InChI is InChI=1S/C19H17F2N3O2S/c20-12-5-6-15(21)13(11-12)18-23-24(17(25)7-9-22)19(27-18)8-10-26-16-4-2-1-3-14(16)19/h1-6,11H,7-10,22H2. The molecule has 27 heavy (non-hydrogen) atoms. The molecule has 1 atom stereocenters. The fraction of sp³-hybridized carbons (Fsp3) is 0.263. The van der Waals surface area contributed by atoms with Crippen molar-refractivity contribution in [1.82, 2.24) is 5.01 Å². The molecule has 140 valence electrons. The first kappa shape index (κ1) is 17.9. The number of hydrazone groups is 1. The lowest BCUT2D eigenvalue weighted by Gasteiger charge is -2.39. The number of para-hydroxylation sites is 1. The average Bonchev–Trinajstić information content (AvgIpc) is 3.04. The Balaban J connectivity index is 1.84. The van der Waals surface area contributed by atoms with E-state index in [0.29, 0.717) is 18.8 Å². The Morgan fingerprint density at radius 2 is 2.11 bits per heavy atom. The summed E-state index contributed by atoms with van der Waals surface area (Å²) in [6.07, 6.45) is 0.572. The maximum Gasteiger partial charge on any atom is 0.245 e. The van der Waals surface area contributed by atoms with E-state index < -0.39 is 16.5 Å². The van der Waals surface area contributed by atoms with E-state index in [1.54, 1.807) is 0 Å². The van der Waals surface area contributed by atoms with Crippen LogP contribution in [0.15, 0.2) is 47.6 Å². The van der Waals surface area contributed by atoms with Gasteiger partial charge in [-0.25, -0.2) is 13.8 Å². The number of carbonyl (C=O) groups is 1. The van der Waals surface area contributed by atoms with Gasteiger partial charge in [-0.05, 0) is 24.3 Å². The molecule has 0 saturated carbocycles. The number of rotatable bonds is 3. The van der Waals surface area contributed by atoms with E-state index in [0.717, 1.165) is 23.8 Å². The number of amides is 1. The number of carbonyl (C=O) groups excluding carboxylic acids is 1. The van der Waals surface area contributed by atoms with Gasteiger partial charge in [0.25, 0.3) is 0 Å². The van der Waals surface area contributed by atoms with Crippen LogP contribution in [-0.2, 0) is 9.67 Å². The van der Waals surface area contributed by atoms with Crippen molar-refractivity contribution in [3.63, 3.8) is 0 Å². The van der Waals surface area contributed by atoms with Crippen LogP contribution >= 0.6 is 11.8 Å². The lowest BCUT2D eigenvalue weighted by molar-refractivity contribution is -0.135. The van der Waals surface area contributed by atoms with Crippen LogP contribution in [0.5, 0.6) is 5.75 Å². The van der Waals surface area contributed by atoms with Crippen LogP contribution in [0.2, 0.25) is 0 Å². The predicted molar refractivity (Wildman–Crippen MR) is 99.2 cm³/mol. The maximum atomic E-state index is 14.3. The number of hydrogen-bond donors (Lipinski definition) is 1. The van der Waals surface area contributed by atoms with E-state index in [2.05, 4.69) is 5.10 Å². The highest BCUT2D eigenvalue weighted by Gasteiger charge is 2.51. The van der Waals surface area contributed by atoms with E-state index in [1.165, 1.54) is 16.8 Å². The summed E-state index contributed by atoms with van der Waals surface area (Å²) in [5, 5.41) is 6.03. The molecule has 2 aliphatic rings. The third kappa shape index (κ3) is 2.98. The zero-order chi connectivity index (χ0) is 19.0. The number of nitrogens with two attached hydrogens (primary N) is 1. The molecule has 2 aromatic carbocycles. The second-order valence-corrected chi connectivity index (χ2v) is 7.52. The van der Waals surface area contributed by atoms with Crippen LogP contribution in [-0.4, -0.2) is 29.1 Å². The van der Waals surface area contributed by atoms with Crippen molar-refractivity contribution in [3.05, 3.63) is 65.2 Å². The second kappa shape index (κ2) is 6.94. The van der Waals surface area contributed by atoms with E-state index in [1.807, 2.05) is 24.3 Å². The summed E-state index contributed by atoms with van der Waals surface area (Å²) in [5.41, 5.74) is 6.38. The van der Waals surface area contributed by atoms with Gasteiger partial charge in [0.15, 0.2) is 0 Å². The molecule has 2 N–H and O–H groups in total.